The molecule has 0 radical (unpaired) electrons. The standard InChI is InChI=1S/C11H12FN5O/c1-6-3-4-7(5-8(6)12)17-10(13)9(15-16-17)11(18)14-2/h3-5H,13H2,1-2H3,(H,14,18). The van der Waals surface area contributed by atoms with E-state index in [2.05, 4.69) is 15.6 Å². The molecule has 0 spiro atoms. The summed E-state index contributed by atoms with van der Waals surface area (Å²) in [6.45, 7) is 1.65. The second kappa shape index (κ2) is 4.44. The van der Waals surface area contributed by atoms with Gasteiger partial charge in [0.15, 0.2) is 11.5 Å². The van der Waals surface area contributed by atoms with Crippen molar-refractivity contribution in [1.29, 1.82) is 0 Å². The summed E-state index contributed by atoms with van der Waals surface area (Å²) >= 11 is 0. The number of carbonyl (C=O) groups excluding carboxylic acids is 1. The molecule has 1 aromatic heterocycles. The average molecular weight is 249 g/mol. The zero-order chi connectivity index (χ0) is 13.3. The van der Waals surface area contributed by atoms with Gasteiger partial charge in [-0.3, -0.25) is 4.79 Å². The predicted molar refractivity (Wildman–Crippen MR) is 63.9 cm³/mol. The molecule has 0 saturated carbocycles. The second-order valence-corrected chi connectivity index (χ2v) is 3.75. The largest absolute Gasteiger partial charge is 0.382 e. The number of aromatic nitrogens is 3. The van der Waals surface area contributed by atoms with Crippen LogP contribution < -0.4 is 11.1 Å². The summed E-state index contributed by atoms with van der Waals surface area (Å²) in [6.07, 6.45) is 0. The third-order valence-electron chi connectivity index (χ3n) is 2.55. The van der Waals surface area contributed by atoms with Crippen molar-refractivity contribution in [3.63, 3.8) is 0 Å². The summed E-state index contributed by atoms with van der Waals surface area (Å²) in [7, 11) is 1.46. The Balaban J connectivity index is 2.48. The third-order valence-corrected chi connectivity index (χ3v) is 2.55. The molecule has 0 aliphatic heterocycles. The number of nitrogens with zero attached hydrogens (tertiary/aromatic N) is 3. The highest BCUT2D eigenvalue weighted by atomic mass is 19.1. The van der Waals surface area contributed by atoms with Crippen molar-refractivity contribution in [2.75, 3.05) is 12.8 Å². The molecule has 94 valence electrons. The van der Waals surface area contributed by atoms with Crippen molar-refractivity contribution in [1.82, 2.24) is 20.3 Å². The molecule has 0 fully saturated rings. The molecule has 3 N–H and O–H groups in total. The quantitative estimate of drug-likeness (QED) is 0.818. The van der Waals surface area contributed by atoms with Gasteiger partial charge >= 0.3 is 0 Å². The highest BCUT2D eigenvalue weighted by molar-refractivity contribution is 5.96. The van der Waals surface area contributed by atoms with Gasteiger partial charge in [0.1, 0.15) is 5.82 Å². The molecular formula is C11H12FN5O. The van der Waals surface area contributed by atoms with E-state index in [1.165, 1.54) is 17.8 Å². The topological polar surface area (TPSA) is 85.8 Å². The number of benzene rings is 1. The Labute approximate surface area is 103 Å². The molecule has 0 saturated heterocycles. The van der Waals surface area contributed by atoms with Gasteiger partial charge in [-0.05, 0) is 24.6 Å². The molecular weight excluding hydrogens is 237 g/mol. The molecule has 1 amide bonds. The lowest BCUT2D eigenvalue weighted by molar-refractivity contribution is 0.0959. The fourth-order valence-electron chi connectivity index (χ4n) is 1.47. The van der Waals surface area contributed by atoms with Crippen LogP contribution in [0.15, 0.2) is 18.2 Å². The molecule has 0 bridgehead atoms. The van der Waals surface area contributed by atoms with Gasteiger partial charge in [-0.25, -0.2) is 4.39 Å². The van der Waals surface area contributed by atoms with Crippen LogP contribution in [0.1, 0.15) is 16.1 Å². The molecule has 1 heterocycles. The number of hydrogen-bond acceptors (Lipinski definition) is 4. The summed E-state index contributed by atoms with van der Waals surface area (Å²) < 4.78 is 14.7. The normalized spacial score (nSPS) is 10.4. The van der Waals surface area contributed by atoms with Crippen molar-refractivity contribution < 1.29 is 9.18 Å². The van der Waals surface area contributed by atoms with Gasteiger partial charge in [-0.2, -0.15) is 4.68 Å². The SMILES string of the molecule is CNC(=O)c1nnn(-c2ccc(C)c(F)c2)c1N. The second-order valence-electron chi connectivity index (χ2n) is 3.75. The first kappa shape index (κ1) is 12.0. The number of nitrogen functional groups attached to an aromatic ring is 1. The Morgan fingerprint density at radius 1 is 1.50 bits per heavy atom. The van der Waals surface area contributed by atoms with E-state index < -0.39 is 5.91 Å². The fraction of sp³-hybridized carbons (Fsp3) is 0.182. The van der Waals surface area contributed by atoms with E-state index in [1.54, 1.807) is 19.1 Å². The molecule has 18 heavy (non-hydrogen) atoms. The van der Waals surface area contributed by atoms with Gasteiger partial charge in [-0.1, -0.05) is 11.3 Å². The number of nitrogens with two attached hydrogens (primary N) is 1. The van der Waals surface area contributed by atoms with Crippen LogP contribution in [0.25, 0.3) is 5.69 Å². The molecule has 7 heteroatoms. The Morgan fingerprint density at radius 3 is 2.83 bits per heavy atom. The van der Waals surface area contributed by atoms with Crippen LogP contribution in [0.5, 0.6) is 0 Å². The molecule has 0 aliphatic rings. The van der Waals surface area contributed by atoms with Crippen LogP contribution in [0, 0.1) is 12.7 Å². The van der Waals surface area contributed by atoms with Gasteiger partial charge in [0.25, 0.3) is 5.91 Å². The zero-order valence-corrected chi connectivity index (χ0v) is 9.94. The van der Waals surface area contributed by atoms with Gasteiger partial charge < -0.3 is 11.1 Å². The van der Waals surface area contributed by atoms with E-state index >= 15 is 0 Å². The Kier molecular flexibility index (Phi) is 2.97. The predicted octanol–water partition coefficient (Wildman–Crippen LogP) is 0.657. The van der Waals surface area contributed by atoms with Crippen molar-refractivity contribution >= 4 is 11.7 Å². The number of aryl methyl sites for hydroxylation is 1. The summed E-state index contributed by atoms with van der Waals surface area (Å²) in [5.74, 6) is -0.743. The van der Waals surface area contributed by atoms with Crippen LogP contribution in [0.4, 0.5) is 10.2 Å². The number of carbonyl (C=O) groups is 1. The lowest BCUT2D eigenvalue weighted by Crippen LogP contribution is -2.20. The number of anilines is 1. The summed E-state index contributed by atoms with van der Waals surface area (Å²) in [6, 6.07) is 4.54. The Morgan fingerprint density at radius 2 is 2.22 bits per heavy atom. The third kappa shape index (κ3) is 1.90. The zero-order valence-electron chi connectivity index (χ0n) is 9.94. The summed E-state index contributed by atoms with van der Waals surface area (Å²) in [4.78, 5) is 11.4. The van der Waals surface area contributed by atoms with Crippen molar-refractivity contribution in [2.45, 2.75) is 6.92 Å². The molecule has 0 aliphatic carbocycles. The van der Waals surface area contributed by atoms with Crippen molar-refractivity contribution in [3.05, 3.63) is 35.3 Å². The highest BCUT2D eigenvalue weighted by Gasteiger charge is 2.17. The van der Waals surface area contributed by atoms with Crippen LogP contribution in [-0.2, 0) is 0 Å². The Bertz CT molecular complexity index is 607. The lowest BCUT2D eigenvalue weighted by atomic mass is 10.2. The molecule has 0 unspecified atom stereocenters. The highest BCUT2D eigenvalue weighted by Crippen LogP contribution is 2.17. The summed E-state index contributed by atoms with van der Waals surface area (Å²) in [5.41, 5.74) is 6.70. The minimum atomic E-state index is -0.439. The first-order valence-corrected chi connectivity index (χ1v) is 5.24. The first-order valence-electron chi connectivity index (χ1n) is 5.24. The first-order chi connectivity index (χ1) is 8.54. The van der Waals surface area contributed by atoms with E-state index in [9.17, 15) is 9.18 Å². The maximum Gasteiger partial charge on any atom is 0.275 e. The molecule has 1 aromatic carbocycles. The summed E-state index contributed by atoms with van der Waals surface area (Å²) in [5, 5.41) is 9.81. The van der Waals surface area contributed by atoms with Gasteiger partial charge in [-0.15, -0.1) is 5.10 Å². The molecule has 2 rings (SSSR count). The van der Waals surface area contributed by atoms with E-state index in [0.29, 0.717) is 11.3 Å². The molecule has 2 aromatic rings. The average Bonchev–Trinajstić information content (AvgIpc) is 2.74. The lowest BCUT2D eigenvalue weighted by Gasteiger charge is -2.04. The van der Waals surface area contributed by atoms with Gasteiger partial charge in [0, 0.05) is 7.05 Å². The smallest absolute Gasteiger partial charge is 0.275 e. The number of nitrogens with one attached hydrogen (secondary N) is 1. The number of halogens is 1. The van der Waals surface area contributed by atoms with E-state index in [-0.39, 0.29) is 17.3 Å². The van der Waals surface area contributed by atoms with Gasteiger partial charge in [0.2, 0.25) is 0 Å². The number of rotatable bonds is 2. The van der Waals surface area contributed by atoms with E-state index in [1.807, 2.05) is 0 Å². The van der Waals surface area contributed by atoms with E-state index in [4.69, 9.17) is 5.73 Å². The van der Waals surface area contributed by atoms with Crippen LogP contribution >= 0.6 is 0 Å². The van der Waals surface area contributed by atoms with Crippen LogP contribution in [-0.4, -0.2) is 27.9 Å². The number of amides is 1. The van der Waals surface area contributed by atoms with Crippen LogP contribution in [0.2, 0.25) is 0 Å². The number of hydrogen-bond donors (Lipinski definition) is 2. The maximum absolute atomic E-state index is 13.4. The molecule has 6 nitrogen and oxygen atoms in total. The van der Waals surface area contributed by atoms with E-state index in [0.717, 1.165) is 0 Å². The Hall–Kier alpha value is -2.44. The minimum Gasteiger partial charge on any atom is -0.382 e. The minimum absolute atomic E-state index is 0.0125. The van der Waals surface area contributed by atoms with Crippen molar-refractivity contribution in [3.8, 4) is 5.69 Å². The van der Waals surface area contributed by atoms with Crippen molar-refractivity contribution in [2.24, 2.45) is 0 Å². The van der Waals surface area contributed by atoms with Crippen LogP contribution in [0.3, 0.4) is 0 Å². The monoisotopic (exact) mass is 249 g/mol. The fourth-order valence-corrected chi connectivity index (χ4v) is 1.47. The van der Waals surface area contributed by atoms with Gasteiger partial charge in [0.05, 0.1) is 5.69 Å². The maximum atomic E-state index is 13.4. The molecule has 0 atom stereocenters.